The number of rotatable bonds is 2. The van der Waals surface area contributed by atoms with Gasteiger partial charge in [0, 0.05) is 28.2 Å². The van der Waals surface area contributed by atoms with Crippen molar-refractivity contribution in [2.24, 2.45) is 0 Å². The van der Waals surface area contributed by atoms with Crippen molar-refractivity contribution in [3.8, 4) is 0 Å². The van der Waals surface area contributed by atoms with Crippen molar-refractivity contribution in [1.29, 1.82) is 0 Å². The molecule has 1 N–H and O–H groups in total. The Balaban J connectivity index is 1.72. The first-order valence-corrected chi connectivity index (χ1v) is 8.63. The Morgan fingerprint density at radius 1 is 1.09 bits per heavy atom. The molecule has 0 saturated heterocycles. The highest BCUT2D eigenvalue weighted by Gasteiger charge is 2.24. The molecule has 0 radical (unpaired) electrons. The number of nitrogens with one attached hydrogen (secondary N) is 1. The van der Waals surface area contributed by atoms with Crippen LogP contribution >= 0.6 is 11.3 Å². The van der Waals surface area contributed by atoms with Crippen LogP contribution < -0.4 is 10.7 Å². The van der Waals surface area contributed by atoms with Crippen molar-refractivity contribution < 1.29 is 0 Å². The van der Waals surface area contributed by atoms with Crippen LogP contribution in [0.2, 0.25) is 0 Å². The molecular weight excluding hydrogens is 304 g/mol. The highest BCUT2D eigenvalue weighted by molar-refractivity contribution is 7.22. The largest absolute Gasteiger partial charge is 0.364 e. The minimum Gasteiger partial charge on any atom is -0.364 e. The van der Waals surface area contributed by atoms with E-state index < -0.39 is 0 Å². The van der Waals surface area contributed by atoms with E-state index in [1.165, 1.54) is 5.56 Å². The molecule has 3 nitrogen and oxygen atoms in total. The maximum absolute atomic E-state index is 12.8. The van der Waals surface area contributed by atoms with Crippen LogP contribution in [-0.2, 0) is 6.54 Å². The summed E-state index contributed by atoms with van der Waals surface area (Å²) >= 11 is 1.68. The zero-order chi connectivity index (χ0) is 15.8. The summed E-state index contributed by atoms with van der Waals surface area (Å²) in [5.41, 5.74) is 2.32. The van der Waals surface area contributed by atoms with E-state index in [1.807, 2.05) is 30.3 Å². The Labute approximate surface area is 139 Å². The number of hydrogen-bond acceptors (Lipinski definition) is 4. The highest BCUT2D eigenvalue weighted by Crippen LogP contribution is 2.32. The smallest absolute Gasteiger partial charge is 0.194 e. The third-order valence-corrected chi connectivity index (χ3v) is 5.70. The van der Waals surface area contributed by atoms with Crippen molar-refractivity contribution in [3.05, 3.63) is 75.9 Å². The van der Waals surface area contributed by atoms with E-state index in [-0.39, 0.29) is 11.5 Å². The summed E-state index contributed by atoms with van der Waals surface area (Å²) in [6.45, 7) is 3.65. The Kier molecular flexibility index (Phi) is 3.63. The quantitative estimate of drug-likeness (QED) is 0.767. The first kappa shape index (κ1) is 14.4. The third kappa shape index (κ3) is 2.54. The number of nitrogens with zero attached hydrogens (tertiary/aromatic N) is 1. The molecule has 4 rings (SSSR count). The van der Waals surface area contributed by atoms with Crippen LogP contribution in [0, 0.1) is 0 Å². The van der Waals surface area contributed by atoms with Gasteiger partial charge in [0.25, 0.3) is 0 Å². The van der Waals surface area contributed by atoms with E-state index in [0.717, 1.165) is 27.3 Å². The summed E-state index contributed by atoms with van der Waals surface area (Å²) in [5, 5.41) is 5.29. The van der Waals surface area contributed by atoms with Crippen LogP contribution in [-0.4, -0.2) is 11.6 Å². The van der Waals surface area contributed by atoms with E-state index in [2.05, 4.69) is 41.4 Å². The summed E-state index contributed by atoms with van der Waals surface area (Å²) in [7, 11) is 0. The molecular formula is C19H18N2OS. The molecule has 4 heteroatoms. The molecule has 3 aromatic rings. The van der Waals surface area contributed by atoms with Gasteiger partial charge in [-0.2, -0.15) is 0 Å². The Morgan fingerprint density at radius 3 is 2.65 bits per heavy atom. The fourth-order valence-corrected chi connectivity index (χ4v) is 4.17. The van der Waals surface area contributed by atoms with Crippen LogP contribution in [0.25, 0.3) is 10.1 Å². The molecule has 2 heterocycles. The predicted octanol–water partition coefficient (Wildman–Crippen LogP) is 4.21. The molecule has 0 aliphatic carbocycles. The van der Waals surface area contributed by atoms with Crippen LogP contribution in [0.1, 0.15) is 24.1 Å². The first-order chi connectivity index (χ1) is 11.2. The van der Waals surface area contributed by atoms with E-state index >= 15 is 0 Å². The fraction of sp³-hybridized carbons (Fsp3) is 0.211. The van der Waals surface area contributed by atoms with Crippen LogP contribution in [0.15, 0.2) is 59.4 Å². The second kappa shape index (κ2) is 5.80. The molecule has 1 aliphatic heterocycles. The second-order valence-corrected chi connectivity index (χ2v) is 6.96. The molecule has 1 aromatic heterocycles. The summed E-state index contributed by atoms with van der Waals surface area (Å²) in [6, 6.07) is 18.6. The summed E-state index contributed by atoms with van der Waals surface area (Å²) < 4.78 is 1.05. The van der Waals surface area contributed by atoms with Gasteiger partial charge in [0.2, 0.25) is 0 Å². The van der Waals surface area contributed by atoms with Crippen molar-refractivity contribution in [2.75, 3.05) is 12.0 Å². The van der Waals surface area contributed by atoms with Gasteiger partial charge in [-0.25, -0.2) is 0 Å². The van der Waals surface area contributed by atoms with Gasteiger partial charge in [0.15, 0.2) is 5.43 Å². The normalized spacial score (nSPS) is 15.9. The van der Waals surface area contributed by atoms with Gasteiger partial charge < -0.3 is 5.32 Å². The van der Waals surface area contributed by atoms with Gasteiger partial charge >= 0.3 is 0 Å². The van der Waals surface area contributed by atoms with E-state index in [9.17, 15) is 4.79 Å². The monoisotopic (exact) mass is 322 g/mol. The standard InChI is InChI=1S/C19H18N2OS/c1-13(14-7-3-2-4-8-14)21-11-16-18(22)15-9-5-6-10-17(15)23-19(16)20-12-21/h2-10,13,20H,11-12H2,1H3. The minimum atomic E-state index is 0.159. The van der Waals surface area contributed by atoms with Crippen molar-refractivity contribution >= 4 is 26.4 Å². The molecule has 0 bridgehead atoms. The van der Waals surface area contributed by atoms with E-state index in [1.54, 1.807) is 11.3 Å². The Morgan fingerprint density at radius 2 is 1.83 bits per heavy atom. The summed E-state index contributed by atoms with van der Waals surface area (Å²) in [4.78, 5) is 15.1. The van der Waals surface area contributed by atoms with Gasteiger partial charge in [-0.05, 0) is 24.6 Å². The lowest BCUT2D eigenvalue weighted by atomic mass is 10.1. The maximum atomic E-state index is 12.8. The van der Waals surface area contributed by atoms with Crippen molar-refractivity contribution in [3.63, 3.8) is 0 Å². The summed E-state index contributed by atoms with van der Waals surface area (Å²) in [5.74, 6) is 0. The predicted molar refractivity (Wildman–Crippen MR) is 97.0 cm³/mol. The zero-order valence-corrected chi connectivity index (χ0v) is 13.8. The minimum absolute atomic E-state index is 0.159. The van der Waals surface area contributed by atoms with Gasteiger partial charge in [-0.3, -0.25) is 9.69 Å². The average Bonchev–Trinajstić information content (AvgIpc) is 2.62. The zero-order valence-electron chi connectivity index (χ0n) is 13.0. The summed E-state index contributed by atoms with van der Waals surface area (Å²) in [6.07, 6.45) is 0. The third-order valence-electron chi connectivity index (χ3n) is 4.53. The van der Waals surface area contributed by atoms with Crippen LogP contribution in [0.4, 0.5) is 5.00 Å². The van der Waals surface area contributed by atoms with Gasteiger partial charge in [-0.1, -0.05) is 42.5 Å². The molecule has 1 unspecified atom stereocenters. The molecule has 0 spiro atoms. The molecule has 0 amide bonds. The van der Waals surface area contributed by atoms with Crippen molar-refractivity contribution in [1.82, 2.24) is 4.90 Å². The number of hydrogen-bond donors (Lipinski definition) is 1. The maximum Gasteiger partial charge on any atom is 0.194 e. The molecule has 2 aromatic carbocycles. The first-order valence-electron chi connectivity index (χ1n) is 7.81. The lowest BCUT2D eigenvalue weighted by Crippen LogP contribution is -2.37. The molecule has 1 aliphatic rings. The van der Waals surface area contributed by atoms with Gasteiger partial charge in [0.05, 0.1) is 11.7 Å². The number of fused-ring (bicyclic) bond motifs is 2. The average molecular weight is 322 g/mol. The Bertz CT molecular complexity index is 904. The highest BCUT2D eigenvalue weighted by atomic mass is 32.1. The van der Waals surface area contributed by atoms with E-state index in [0.29, 0.717) is 6.54 Å². The molecule has 1 atom stereocenters. The fourth-order valence-electron chi connectivity index (χ4n) is 3.12. The molecule has 0 saturated carbocycles. The number of anilines is 1. The number of benzene rings is 2. The van der Waals surface area contributed by atoms with Crippen LogP contribution in [0.3, 0.4) is 0 Å². The topological polar surface area (TPSA) is 32.3 Å². The Hall–Kier alpha value is -2.17. The van der Waals surface area contributed by atoms with Crippen LogP contribution in [0.5, 0.6) is 0 Å². The van der Waals surface area contributed by atoms with E-state index in [4.69, 9.17) is 0 Å². The molecule has 116 valence electrons. The van der Waals surface area contributed by atoms with Gasteiger partial charge in [0.1, 0.15) is 0 Å². The molecule has 0 fully saturated rings. The SMILES string of the molecule is CC(c1ccccc1)N1CNc2sc3ccccc3c(=O)c2C1. The molecule has 23 heavy (non-hydrogen) atoms. The van der Waals surface area contributed by atoms with Crippen molar-refractivity contribution in [2.45, 2.75) is 19.5 Å². The lowest BCUT2D eigenvalue weighted by Gasteiger charge is -2.34. The van der Waals surface area contributed by atoms with Gasteiger partial charge in [-0.15, -0.1) is 11.3 Å². The second-order valence-electron chi connectivity index (χ2n) is 5.90. The lowest BCUT2D eigenvalue weighted by molar-refractivity contribution is 0.210.